The molecule has 1 aromatic heterocycles. The Kier molecular flexibility index (Phi) is 8.16. The Hall–Kier alpha value is -2.85. The maximum Gasteiger partial charge on any atom is 0.196 e. The normalized spacial score (nSPS) is 18.4. The number of hydrogen-bond acceptors (Lipinski definition) is 7. The second kappa shape index (κ2) is 11.7. The molecule has 0 bridgehead atoms. The zero-order chi connectivity index (χ0) is 22.0. The van der Waals surface area contributed by atoms with E-state index < -0.39 is 0 Å². The van der Waals surface area contributed by atoms with E-state index in [1.165, 1.54) is 0 Å². The number of ether oxygens (including phenoxy) is 4. The Balaban J connectivity index is 1.32. The smallest absolute Gasteiger partial charge is 0.196 e. The van der Waals surface area contributed by atoms with Gasteiger partial charge in [-0.25, -0.2) is 4.99 Å². The summed E-state index contributed by atoms with van der Waals surface area (Å²) < 4.78 is 24.7. The van der Waals surface area contributed by atoms with Crippen LogP contribution in [-0.4, -0.2) is 66.4 Å². The van der Waals surface area contributed by atoms with Crippen LogP contribution in [0.3, 0.4) is 0 Å². The van der Waals surface area contributed by atoms with Crippen LogP contribution >= 0.6 is 0 Å². The molecule has 0 radical (unpaired) electrons. The van der Waals surface area contributed by atoms with Crippen molar-refractivity contribution in [3.63, 3.8) is 0 Å². The van der Waals surface area contributed by atoms with Gasteiger partial charge in [0, 0.05) is 45.0 Å². The fourth-order valence-corrected chi connectivity index (χ4v) is 3.49. The van der Waals surface area contributed by atoms with Crippen LogP contribution in [0.1, 0.15) is 31.5 Å². The van der Waals surface area contributed by atoms with Crippen LogP contribution in [-0.2, 0) is 23.1 Å². The summed E-state index contributed by atoms with van der Waals surface area (Å²) in [5.74, 6) is 2.94. The first-order chi connectivity index (χ1) is 15.8. The molecule has 174 valence electrons. The molecule has 32 heavy (non-hydrogen) atoms. The molecule has 1 atom stereocenters. The van der Waals surface area contributed by atoms with Gasteiger partial charge in [-0.2, -0.15) is 0 Å². The van der Waals surface area contributed by atoms with E-state index in [0.29, 0.717) is 38.9 Å². The first-order valence-corrected chi connectivity index (χ1v) is 11.2. The number of nitrogens with one attached hydrogen (secondary N) is 2. The van der Waals surface area contributed by atoms with Crippen molar-refractivity contribution in [1.82, 2.24) is 20.1 Å². The topological polar surface area (TPSA) is 104 Å². The number of anilines is 1. The van der Waals surface area contributed by atoms with Gasteiger partial charge in [0.25, 0.3) is 0 Å². The summed E-state index contributed by atoms with van der Waals surface area (Å²) in [7, 11) is 1.90. The van der Waals surface area contributed by atoms with Crippen LogP contribution in [0.15, 0.2) is 29.5 Å². The van der Waals surface area contributed by atoms with E-state index >= 15 is 0 Å². The lowest BCUT2D eigenvalue weighted by Gasteiger charge is -2.15. The standard InChI is InChI=1S/C22H32N6O4/c1-28-16-25-27-21(28)14-24-22(23-8-3-9-29-15-18-5-2-10-30-18)26-17-6-7-19-20(13-17)32-12-4-11-31-19/h6-7,13,16,18H,2-5,8-12,14-15H2,1H3,(H2,23,24,26). The SMILES string of the molecule is Cn1cnnc1CN=C(NCCCOCC1CCCO1)Nc1ccc2c(c1)OCCCO2. The van der Waals surface area contributed by atoms with E-state index in [1.54, 1.807) is 6.33 Å². The van der Waals surface area contributed by atoms with E-state index in [1.807, 2.05) is 29.8 Å². The third-order valence-electron chi connectivity index (χ3n) is 5.28. The molecule has 4 rings (SSSR count). The summed E-state index contributed by atoms with van der Waals surface area (Å²) in [5.41, 5.74) is 0.869. The van der Waals surface area contributed by atoms with Crippen molar-refractivity contribution in [3.05, 3.63) is 30.4 Å². The molecule has 1 unspecified atom stereocenters. The van der Waals surface area contributed by atoms with Gasteiger partial charge in [-0.15, -0.1) is 10.2 Å². The predicted molar refractivity (Wildman–Crippen MR) is 120 cm³/mol. The lowest BCUT2D eigenvalue weighted by Crippen LogP contribution is -2.32. The molecule has 2 N–H and O–H groups in total. The van der Waals surface area contributed by atoms with Crippen LogP contribution < -0.4 is 20.1 Å². The monoisotopic (exact) mass is 444 g/mol. The van der Waals surface area contributed by atoms with Crippen molar-refractivity contribution in [2.24, 2.45) is 12.0 Å². The highest BCUT2D eigenvalue weighted by Gasteiger charge is 2.15. The van der Waals surface area contributed by atoms with Crippen LogP contribution in [0.5, 0.6) is 11.5 Å². The van der Waals surface area contributed by atoms with Gasteiger partial charge in [0.2, 0.25) is 0 Å². The van der Waals surface area contributed by atoms with Gasteiger partial charge in [-0.3, -0.25) is 0 Å². The maximum atomic E-state index is 5.80. The summed E-state index contributed by atoms with van der Waals surface area (Å²) >= 11 is 0. The number of aliphatic imine (C=N–C) groups is 1. The maximum absolute atomic E-state index is 5.80. The Bertz CT molecular complexity index is 881. The van der Waals surface area contributed by atoms with Gasteiger partial charge in [-0.05, 0) is 31.4 Å². The number of benzene rings is 1. The number of aromatic nitrogens is 3. The number of guanidine groups is 1. The fraction of sp³-hybridized carbons (Fsp3) is 0.591. The average molecular weight is 445 g/mol. The summed E-state index contributed by atoms with van der Waals surface area (Å²) in [6.45, 7) is 4.64. The summed E-state index contributed by atoms with van der Waals surface area (Å²) in [5, 5.41) is 14.7. The molecule has 1 fully saturated rings. The van der Waals surface area contributed by atoms with Gasteiger partial charge in [0.05, 0.1) is 25.9 Å². The Morgan fingerprint density at radius 2 is 2.12 bits per heavy atom. The zero-order valence-electron chi connectivity index (χ0n) is 18.6. The van der Waals surface area contributed by atoms with Crippen LogP contribution in [0, 0.1) is 0 Å². The van der Waals surface area contributed by atoms with Crippen molar-refractivity contribution >= 4 is 11.6 Å². The molecule has 0 saturated carbocycles. The van der Waals surface area contributed by atoms with E-state index in [-0.39, 0.29) is 6.10 Å². The number of rotatable bonds is 9. The summed E-state index contributed by atoms with van der Waals surface area (Å²) in [6, 6.07) is 5.81. The van der Waals surface area contributed by atoms with Crippen molar-refractivity contribution in [2.75, 3.05) is 44.9 Å². The molecule has 2 aromatic rings. The van der Waals surface area contributed by atoms with E-state index in [0.717, 1.165) is 61.8 Å². The van der Waals surface area contributed by atoms with Crippen LogP contribution in [0.2, 0.25) is 0 Å². The molecular formula is C22H32N6O4. The highest BCUT2D eigenvalue weighted by atomic mass is 16.5. The lowest BCUT2D eigenvalue weighted by atomic mass is 10.2. The minimum Gasteiger partial charge on any atom is -0.490 e. The average Bonchev–Trinajstić information content (AvgIpc) is 3.40. The fourth-order valence-electron chi connectivity index (χ4n) is 3.49. The highest BCUT2D eigenvalue weighted by molar-refractivity contribution is 5.93. The number of aryl methyl sites for hydroxylation is 1. The van der Waals surface area contributed by atoms with Gasteiger partial charge in [0.1, 0.15) is 12.9 Å². The number of fused-ring (bicyclic) bond motifs is 1. The predicted octanol–water partition coefficient (Wildman–Crippen LogP) is 2.12. The Labute approximate surface area is 188 Å². The third-order valence-corrected chi connectivity index (χ3v) is 5.28. The molecule has 2 aliphatic rings. The van der Waals surface area contributed by atoms with Crippen LogP contribution in [0.4, 0.5) is 5.69 Å². The summed E-state index contributed by atoms with van der Waals surface area (Å²) in [6.07, 6.45) is 5.88. The second-order valence-electron chi connectivity index (χ2n) is 7.85. The van der Waals surface area contributed by atoms with E-state index in [4.69, 9.17) is 18.9 Å². The van der Waals surface area contributed by atoms with Gasteiger partial charge in [0.15, 0.2) is 23.3 Å². The van der Waals surface area contributed by atoms with E-state index in [2.05, 4.69) is 25.8 Å². The minimum atomic E-state index is 0.257. The molecule has 10 heteroatoms. The Morgan fingerprint density at radius 3 is 2.94 bits per heavy atom. The van der Waals surface area contributed by atoms with Crippen molar-refractivity contribution in [2.45, 2.75) is 38.3 Å². The second-order valence-corrected chi connectivity index (χ2v) is 7.85. The largest absolute Gasteiger partial charge is 0.490 e. The molecule has 1 saturated heterocycles. The zero-order valence-corrected chi connectivity index (χ0v) is 18.6. The molecular weight excluding hydrogens is 412 g/mol. The summed E-state index contributed by atoms with van der Waals surface area (Å²) in [4.78, 5) is 4.67. The first-order valence-electron chi connectivity index (χ1n) is 11.2. The van der Waals surface area contributed by atoms with Crippen molar-refractivity contribution in [1.29, 1.82) is 0 Å². The van der Waals surface area contributed by atoms with Gasteiger partial charge >= 0.3 is 0 Å². The molecule has 2 aliphatic heterocycles. The number of nitrogens with zero attached hydrogens (tertiary/aromatic N) is 4. The molecule has 0 aliphatic carbocycles. The van der Waals surface area contributed by atoms with Crippen molar-refractivity contribution < 1.29 is 18.9 Å². The molecule has 0 spiro atoms. The molecule has 1 aromatic carbocycles. The molecule has 0 amide bonds. The van der Waals surface area contributed by atoms with Gasteiger partial charge in [-0.1, -0.05) is 0 Å². The minimum absolute atomic E-state index is 0.257. The molecule has 3 heterocycles. The van der Waals surface area contributed by atoms with E-state index in [9.17, 15) is 0 Å². The highest BCUT2D eigenvalue weighted by Crippen LogP contribution is 2.32. The van der Waals surface area contributed by atoms with Crippen LogP contribution in [0.25, 0.3) is 0 Å². The van der Waals surface area contributed by atoms with Crippen molar-refractivity contribution in [3.8, 4) is 11.5 Å². The number of hydrogen-bond donors (Lipinski definition) is 2. The molecule has 10 nitrogen and oxygen atoms in total. The van der Waals surface area contributed by atoms with Gasteiger partial charge < -0.3 is 34.1 Å². The Morgan fingerprint density at radius 1 is 1.22 bits per heavy atom. The first kappa shape index (κ1) is 22.3. The third kappa shape index (κ3) is 6.57. The quantitative estimate of drug-likeness (QED) is 0.344. The lowest BCUT2D eigenvalue weighted by molar-refractivity contribution is 0.0168.